The number of nitrogens with zero attached hydrogens (tertiary/aromatic N) is 2. The normalized spacial score (nSPS) is 17.5. The molecule has 1 saturated heterocycles. The SMILES string of the molecule is COc1cccc([C@@H]2CCCN2C(=O)Cc2csc(C(C)C)n2)c1. The summed E-state index contributed by atoms with van der Waals surface area (Å²) in [6.07, 6.45) is 2.44. The third-order valence-electron chi connectivity index (χ3n) is 4.45. The van der Waals surface area contributed by atoms with E-state index in [-0.39, 0.29) is 11.9 Å². The number of carbonyl (C=O) groups is 1. The Bertz CT molecular complexity index is 711. The molecule has 5 heteroatoms. The first-order valence-corrected chi connectivity index (χ1v) is 9.34. The van der Waals surface area contributed by atoms with Crippen LogP contribution in [0.1, 0.15) is 54.9 Å². The van der Waals surface area contributed by atoms with Gasteiger partial charge in [-0.3, -0.25) is 4.79 Å². The summed E-state index contributed by atoms with van der Waals surface area (Å²) in [5.74, 6) is 1.42. The van der Waals surface area contributed by atoms with Crippen molar-refractivity contribution in [3.05, 3.63) is 45.9 Å². The molecule has 24 heavy (non-hydrogen) atoms. The van der Waals surface area contributed by atoms with Crippen LogP contribution in [0.2, 0.25) is 0 Å². The highest BCUT2D eigenvalue weighted by Gasteiger charge is 2.30. The van der Waals surface area contributed by atoms with Crippen molar-refractivity contribution in [2.24, 2.45) is 0 Å². The highest BCUT2D eigenvalue weighted by atomic mass is 32.1. The van der Waals surface area contributed by atoms with E-state index in [4.69, 9.17) is 4.74 Å². The molecule has 4 nitrogen and oxygen atoms in total. The maximum atomic E-state index is 12.8. The van der Waals surface area contributed by atoms with E-state index in [1.807, 2.05) is 28.5 Å². The molecule has 1 aromatic carbocycles. The smallest absolute Gasteiger partial charge is 0.229 e. The lowest BCUT2D eigenvalue weighted by molar-refractivity contribution is -0.131. The van der Waals surface area contributed by atoms with Crippen LogP contribution in [0.5, 0.6) is 5.75 Å². The number of rotatable bonds is 5. The van der Waals surface area contributed by atoms with E-state index in [2.05, 4.69) is 24.9 Å². The van der Waals surface area contributed by atoms with Crippen LogP contribution in [-0.4, -0.2) is 29.4 Å². The number of benzene rings is 1. The van der Waals surface area contributed by atoms with Crippen molar-refractivity contribution in [1.29, 1.82) is 0 Å². The molecule has 2 aromatic rings. The number of carbonyl (C=O) groups excluding carboxylic acids is 1. The van der Waals surface area contributed by atoms with Gasteiger partial charge in [-0.25, -0.2) is 4.98 Å². The molecule has 2 heterocycles. The van der Waals surface area contributed by atoms with Crippen LogP contribution < -0.4 is 4.74 Å². The van der Waals surface area contributed by atoms with Crippen LogP contribution in [0, 0.1) is 0 Å². The van der Waals surface area contributed by atoms with Crippen molar-refractivity contribution >= 4 is 17.2 Å². The molecule has 0 spiro atoms. The lowest BCUT2D eigenvalue weighted by atomic mass is 10.0. The number of hydrogen-bond acceptors (Lipinski definition) is 4. The third kappa shape index (κ3) is 3.61. The van der Waals surface area contributed by atoms with E-state index in [1.165, 1.54) is 0 Å². The average Bonchev–Trinajstić information content (AvgIpc) is 3.24. The first-order valence-electron chi connectivity index (χ1n) is 8.46. The van der Waals surface area contributed by atoms with Gasteiger partial charge in [-0.1, -0.05) is 26.0 Å². The van der Waals surface area contributed by atoms with Crippen LogP contribution >= 0.6 is 11.3 Å². The molecular formula is C19H24N2O2S. The number of hydrogen-bond donors (Lipinski definition) is 0. The minimum atomic E-state index is 0.149. The van der Waals surface area contributed by atoms with E-state index >= 15 is 0 Å². The molecule has 1 atom stereocenters. The van der Waals surface area contributed by atoms with Crippen LogP contribution in [0.25, 0.3) is 0 Å². The molecule has 0 unspecified atom stereocenters. The highest BCUT2D eigenvalue weighted by Crippen LogP contribution is 2.34. The summed E-state index contributed by atoms with van der Waals surface area (Å²) in [4.78, 5) is 19.4. The van der Waals surface area contributed by atoms with Crippen molar-refractivity contribution < 1.29 is 9.53 Å². The zero-order valence-corrected chi connectivity index (χ0v) is 15.3. The number of methoxy groups -OCH3 is 1. The minimum absolute atomic E-state index is 0.149. The highest BCUT2D eigenvalue weighted by molar-refractivity contribution is 7.09. The fourth-order valence-corrected chi connectivity index (χ4v) is 4.02. The Morgan fingerprint density at radius 1 is 1.46 bits per heavy atom. The van der Waals surface area contributed by atoms with E-state index < -0.39 is 0 Å². The Labute approximate surface area is 147 Å². The number of likely N-dealkylation sites (tertiary alicyclic amines) is 1. The Hall–Kier alpha value is -1.88. The van der Waals surface area contributed by atoms with Gasteiger partial charge in [-0.2, -0.15) is 0 Å². The van der Waals surface area contributed by atoms with Crippen molar-refractivity contribution in [3.8, 4) is 5.75 Å². The van der Waals surface area contributed by atoms with E-state index in [0.717, 1.165) is 41.4 Å². The molecule has 1 fully saturated rings. The second-order valence-corrected chi connectivity index (χ2v) is 7.42. The molecule has 0 saturated carbocycles. The standard InChI is InChI=1S/C19H24N2O2S/c1-13(2)19-20-15(12-24-19)11-18(22)21-9-5-8-17(21)14-6-4-7-16(10-14)23-3/h4,6-7,10,12-13,17H,5,8-9,11H2,1-3H3/t17-/m0/s1. The van der Waals surface area contributed by atoms with Crippen molar-refractivity contribution in [2.75, 3.05) is 13.7 Å². The van der Waals surface area contributed by atoms with Crippen LogP contribution in [0.15, 0.2) is 29.6 Å². The summed E-state index contributed by atoms with van der Waals surface area (Å²) in [5, 5.41) is 3.12. The predicted octanol–water partition coefficient (Wildman–Crippen LogP) is 4.18. The summed E-state index contributed by atoms with van der Waals surface area (Å²) < 4.78 is 5.32. The fourth-order valence-electron chi connectivity index (χ4n) is 3.19. The summed E-state index contributed by atoms with van der Waals surface area (Å²) in [5.41, 5.74) is 2.05. The molecule has 128 valence electrons. The third-order valence-corrected chi connectivity index (χ3v) is 5.64. The van der Waals surface area contributed by atoms with Crippen molar-refractivity contribution in [3.63, 3.8) is 0 Å². The second kappa shape index (κ2) is 7.34. The number of thiazole rings is 1. The Kier molecular flexibility index (Phi) is 5.19. The van der Waals surface area contributed by atoms with Gasteiger partial charge in [0.15, 0.2) is 0 Å². The molecule has 0 radical (unpaired) electrons. The maximum Gasteiger partial charge on any atom is 0.229 e. The van der Waals surface area contributed by atoms with Gasteiger partial charge < -0.3 is 9.64 Å². The zero-order valence-electron chi connectivity index (χ0n) is 14.5. The summed E-state index contributed by atoms with van der Waals surface area (Å²) >= 11 is 1.65. The van der Waals surface area contributed by atoms with Crippen molar-refractivity contribution in [2.45, 2.75) is 45.1 Å². The van der Waals surface area contributed by atoms with Crippen molar-refractivity contribution in [1.82, 2.24) is 9.88 Å². The molecule has 0 bridgehead atoms. The lowest BCUT2D eigenvalue weighted by Gasteiger charge is -2.25. The van der Waals surface area contributed by atoms with E-state index in [0.29, 0.717) is 12.3 Å². The Morgan fingerprint density at radius 2 is 2.29 bits per heavy atom. The van der Waals surface area contributed by atoms with Gasteiger partial charge in [-0.15, -0.1) is 11.3 Å². The zero-order chi connectivity index (χ0) is 17.1. The molecule has 0 N–H and O–H groups in total. The summed E-state index contributed by atoms with van der Waals surface area (Å²) in [6, 6.07) is 8.20. The minimum Gasteiger partial charge on any atom is -0.497 e. The van der Waals surface area contributed by atoms with Gasteiger partial charge in [-0.05, 0) is 30.5 Å². The van der Waals surface area contributed by atoms with E-state index in [1.54, 1.807) is 18.4 Å². The number of amides is 1. The quantitative estimate of drug-likeness (QED) is 0.817. The van der Waals surface area contributed by atoms with Gasteiger partial charge >= 0.3 is 0 Å². The summed E-state index contributed by atoms with van der Waals surface area (Å²) in [6.45, 7) is 5.08. The first-order chi connectivity index (χ1) is 11.6. The van der Waals surface area contributed by atoms with Gasteiger partial charge in [0.1, 0.15) is 5.75 Å². The number of ether oxygens (including phenoxy) is 1. The molecular weight excluding hydrogens is 320 g/mol. The molecule has 3 rings (SSSR count). The molecule has 0 aliphatic carbocycles. The van der Waals surface area contributed by atoms with Gasteiger partial charge in [0.25, 0.3) is 0 Å². The maximum absolute atomic E-state index is 12.8. The van der Waals surface area contributed by atoms with Crippen LogP contribution in [0.3, 0.4) is 0 Å². The second-order valence-electron chi connectivity index (χ2n) is 6.53. The van der Waals surface area contributed by atoms with Gasteiger partial charge in [0, 0.05) is 17.8 Å². The van der Waals surface area contributed by atoms with Crippen LogP contribution in [-0.2, 0) is 11.2 Å². The van der Waals surface area contributed by atoms with Gasteiger partial charge in [0.05, 0.1) is 30.3 Å². The largest absolute Gasteiger partial charge is 0.497 e. The molecule has 1 aliphatic heterocycles. The van der Waals surface area contributed by atoms with Crippen LogP contribution in [0.4, 0.5) is 0 Å². The monoisotopic (exact) mass is 344 g/mol. The van der Waals surface area contributed by atoms with Gasteiger partial charge in [0.2, 0.25) is 5.91 Å². The molecule has 1 amide bonds. The lowest BCUT2D eigenvalue weighted by Crippen LogP contribution is -2.31. The molecule has 1 aromatic heterocycles. The predicted molar refractivity (Wildman–Crippen MR) is 96.6 cm³/mol. The first kappa shape index (κ1) is 17.0. The Morgan fingerprint density at radius 3 is 3.00 bits per heavy atom. The average molecular weight is 344 g/mol. The Balaban J connectivity index is 1.73. The fraction of sp³-hybridized carbons (Fsp3) is 0.474. The molecule has 1 aliphatic rings. The topological polar surface area (TPSA) is 42.4 Å². The van der Waals surface area contributed by atoms with E-state index in [9.17, 15) is 4.79 Å². The number of aromatic nitrogens is 1. The summed E-state index contributed by atoms with van der Waals surface area (Å²) in [7, 11) is 1.67.